The van der Waals surface area contributed by atoms with E-state index in [0.717, 1.165) is 28.7 Å². The highest BCUT2D eigenvalue weighted by atomic mass is 32.2. The smallest absolute Gasteiger partial charge is 0.326 e. The molecule has 2 aromatic rings. The molecule has 226 valence electrons. The average molecular weight is 588 g/mol. The molecule has 1 unspecified atom stereocenters. The summed E-state index contributed by atoms with van der Waals surface area (Å²) in [5, 5.41) is 31.1. The van der Waals surface area contributed by atoms with Crippen molar-refractivity contribution >= 4 is 23.6 Å². The topological polar surface area (TPSA) is 125 Å². The first-order valence-corrected chi connectivity index (χ1v) is 15.9. The number of ether oxygens (including phenoxy) is 2. The minimum atomic E-state index is -1.05. The van der Waals surface area contributed by atoms with Gasteiger partial charge in [-0.1, -0.05) is 62.4 Å². The van der Waals surface area contributed by atoms with E-state index in [1.54, 1.807) is 6.07 Å². The van der Waals surface area contributed by atoms with Crippen molar-refractivity contribution in [2.75, 3.05) is 31.8 Å². The molecule has 0 aromatic heterocycles. The Balaban J connectivity index is 1.80. The average Bonchev–Trinajstić information content (AvgIpc) is 2.98. The highest BCUT2D eigenvalue weighted by molar-refractivity contribution is 7.98. The van der Waals surface area contributed by atoms with Gasteiger partial charge in [-0.15, -0.1) is 0 Å². The van der Waals surface area contributed by atoms with Gasteiger partial charge in [-0.2, -0.15) is 11.8 Å². The van der Waals surface area contributed by atoms with Gasteiger partial charge in [0.25, 0.3) is 5.91 Å². The van der Waals surface area contributed by atoms with Crippen LogP contribution in [0.3, 0.4) is 0 Å². The first-order valence-electron chi connectivity index (χ1n) is 14.5. The molecule has 8 nitrogen and oxygen atoms in total. The fourth-order valence-corrected chi connectivity index (χ4v) is 5.76. The molecule has 1 fully saturated rings. The number of hydrogen-bond acceptors (Lipinski definition) is 7. The van der Waals surface area contributed by atoms with Gasteiger partial charge in [0.1, 0.15) is 12.1 Å². The molecule has 0 bridgehead atoms. The Hall–Kier alpha value is -2.43. The monoisotopic (exact) mass is 587 g/mol. The first kappa shape index (κ1) is 33.1. The minimum Gasteiger partial charge on any atom is -0.480 e. The summed E-state index contributed by atoms with van der Waals surface area (Å²) in [5.41, 5.74) is 3.93. The van der Waals surface area contributed by atoms with Gasteiger partial charge >= 0.3 is 5.97 Å². The molecule has 1 aliphatic carbocycles. The van der Waals surface area contributed by atoms with Gasteiger partial charge in [-0.3, -0.25) is 4.79 Å². The Morgan fingerprint density at radius 3 is 2.51 bits per heavy atom. The second kappa shape index (κ2) is 17.5. The number of aliphatic carboxylic acids is 1. The number of benzene rings is 2. The van der Waals surface area contributed by atoms with Gasteiger partial charge in [-0.05, 0) is 72.1 Å². The Kier molecular flexibility index (Phi) is 14.1. The lowest BCUT2D eigenvalue weighted by Gasteiger charge is -2.27. The maximum absolute atomic E-state index is 13.4. The number of nitrogens with one attached hydrogen (secondary N) is 1. The molecule has 3 atom stereocenters. The molecule has 0 heterocycles. The van der Waals surface area contributed by atoms with Gasteiger partial charge < -0.3 is 30.1 Å². The number of carboxylic acids is 1. The van der Waals surface area contributed by atoms with Crippen molar-refractivity contribution in [3.8, 4) is 11.1 Å². The molecular weight excluding hydrogens is 542 g/mol. The first-order chi connectivity index (χ1) is 19.8. The molecule has 0 radical (unpaired) electrons. The van der Waals surface area contributed by atoms with Crippen molar-refractivity contribution < 1.29 is 34.4 Å². The van der Waals surface area contributed by atoms with E-state index >= 15 is 0 Å². The number of amides is 1. The summed E-state index contributed by atoms with van der Waals surface area (Å²) < 4.78 is 12.0. The summed E-state index contributed by atoms with van der Waals surface area (Å²) in [4.78, 5) is 25.1. The Morgan fingerprint density at radius 2 is 1.83 bits per heavy atom. The van der Waals surface area contributed by atoms with Crippen LogP contribution in [-0.4, -0.2) is 77.3 Å². The zero-order valence-electron chi connectivity index (χ0n) is 24.2. The Bertz CT molecular complexity index is 1110. The molecule has 0 aliphatic heterocycles. The number of rotatable bonds is 17. The third-order valence-electron chi connectivity index (χ3n) is 7.61. The molecule has 1 amide bonds. The van der Waals surface area contributed by atoms with E-state index in [0.29, 0.717) is 36.9 Å². The molecule has 0 saturated heterocycles. The highest BCUT2D eigenvalue weighted by Crippen LogP contribution is 2.31. The van der Waals surface area contributed by atoms with E-state index in [2.05, 4.69) is 5.32 Å². The van der Waals surface area contributed by atoms with Crippen LogP contribution in [-0.2, 0) is 20.9 Å². The Labute approximate surface area is 247 Å². The largest absolute Gasteiger partial charge is 0.480 e. The Morgan fingerprint density at radius 1 is 1.07 bits per heavy atom. The zero-order chi connectivity index (χ0) is 29.6. The van der Waals surface area contributed by atoms with Gasteiger partial charge in [-0.25, -0.2) is 4.79 Å². The standard InChI is InChI=1S/C32H45NO7S/c1-22-8-6-7-11-27(22)29-17-24(12-13-28(29)31(36)33-30(32(37)38)14-15-41-2)19-40-26(21-39-20-25(35)18-34)16-23-9-4-3-5-10-23/h6-8,11-13,17,23,25-26,30,34-35H,3-5,9-10,14-16,18-21H2,1-2H3,(H,33,36)(H,37,38)/t25?,26-,30-/m0/s1. The molecule has 0 spiro atoms. The van der Waals surface area contributed by atoms with Crippen molar-refractivity contribution in [2.24, 2.45) is 5.92 Å². The number of carbonyl (C=O) groups is 2. The molecule has 9 heteroatoms. The number of thioether (sulfide) groups is 1. The lowest BCUT2D eigenvalue weighted by Crippen LogP contribution is -2.41. The van der Waals surface area contributed by atoms with Gasteiger partial charge in [0.05, 0.1) is 32.5 Å². The van der Waals surface area contributed by atoms with Gasteiger partial charge in [0.2, 0.25) is 0 Å². The van der Waals surface area contributed by atoms with Crippen molar-refractivity contribution in [1.29, 1.82) is 0 Å². The van der Waals surface area contributed by atoms with Crippen LogP contribution in [0.2, 0.25) is 0 Å². The van der Waals surface area contributed by atoms with E-state index in [9.17, 15) is 19.8 Å². The van der Waals surface area contributed by atoms with Crippen LogP contribution in [0.15, 0.2) is 42.5 Å². The molecule has 3 rings (SSSR count). The summed E-state index contributed by atoms with van der Waals surface area (Å²) >= 11 is 1.54. The lowest BCUT2D eigenvalue weighted by molar-refractivity contribution is -0.139. The third-order valence-corrected chi connectivity index (χ3v) is 8.25. The van der Waals surface area contributed by atoms with E-state index in [-0.39, 0.29) is 19.3 Å². The molecule has 41 heavy (non-hydrogen) atoms. The number of carbonyl (C=O) groups excluding carboxylic acids is 1. The van der Waals surface area contributed by atoms with E-state index in [1.165, 1.54) is 43.9 Å². The fourth-order valence-electron chi connectivity index (χ4n) is 5.29. The lowest BCUT2D eigenvalue weighted by atomic mass is 9.85. The van der Waals surface area contributed by atoms with Gasteiger partial charge in [0, 0.05) is 5.56 Å². The number of hydrogen-bond donors (Lipinski definition) is 4. The normalized spacial score (nSPS) is 16.2. The highest BCUT2D eigenvalue weighted by Gasteiger charge is 2.24. The molecule has 4 N–H and O–H groups in total. The van der Waals surface area contributed by atoms with Crippen LogP contribution in [0.5, 0.6) is 0 Å². The van der Waals surface area contributed by atoms with Crippen molar-refractivity contribution in [3.63, 3.8) is 0 Å². The second-order valence-corrected chi connectivity index (χ2v) is 11.9. The number of carboxylic acid groups (broad SMARTS) is 1. The maximum Gasteiger partial charge on any atom is 0.326 e. The molecule has 1 aliphatic rings. The summed E-state index contributed by atoms with van der Waals surface area (Å²) in [5.74, 6) is -0.270. The van der Waals surface area contributed by atoms with Crippen LogP contribution >= 0.6 is 11.8 Å². The van der Waals surface area contributed by atoms with Crippen LogP contribution in [0.1, 0.15) is 66.4 Å². The van der Waals surface area contributed by atoms with Crippen molar-refractivity contribution in [2.45, 2.75) is 76.7 Å². The molecular formula is C32H45NO7S. The maximum atomic E-state index is 13.4. The summed E-state index contributed by atoms with van der Waals surface area (Å²) in [7, 11) is 0. The summed E-state index contributed by atoms with van der Waals surface area (Å²) in [6.07, 6.45) is 8.11. The van der Waals surface area contributed by atoms with Crippen molar-refractivity contribution in [3.05, 3.63) is 59.2 Å². The summed E-state index contributed by atoms with van der Waals surface area (Å²) in [6, 6.07) is 12.4. The number of aliphatic hydroxyl groups excluding tert-OH is 2. The molecule has 1 saturated carbocycles. The van der Waals surface area contributed by atoms with Crippen LogP contribution in [0.4, 0.5) is 0 Å². The number of aliphatic hydroxyl groups is 2. The SMILES string of the molecule is CSCC[C@H](NC(=O)c1ccc(CO[C@H](COCC(O)CO)CC2CCCCC2)cc1-c1ccccc1C)C(=O)O. The van der Waals surface area contributed by atoms with E-state index in [1.807, 2.05) is 49.6 Å². The predicted octanol–water partition coefficient (Wildman–Crippen LogP) is 4.82. The van der Waals surface area contributed by atoms with E-state index < -0.39 is 24.0 Å². The minimum absolute atomic E-state index is 0.0521. The molecule has 2 aromatic carbocycles. The van der Waals surface area contributed by atoms with Gasteiger partial charge in [0.15, 0.2) is 0 Å². The van der Waals surface area contributed by atoms with Crippen LogP contribution in [0, 0.1) is 12.8 Å². The second-order valence-electron chi connectivity index (χ2n) is 10.9. The fraction of sp³-hybridized carbons (Fsp3) is 0.562. The van der Waals surface area contributed by atoms with Crippen molar-refractivity contribution in [1.82, 2.24) is 5.32 Å². The van der Waals surface area contributed by atoms with E-state index in [4.69, 9.17) is 14.6 Å². The van der Waals surface area contributed by atoms with Crippen LogP contribution in [0.25, 0.3) is 11.1 Å². The quantitative estimate of drug-likeness (QED) is 0.208. The summed E-state index contributed by atoms with van der Waals surface area (Å²) in [6.45, 7) is 2.33. The number of aryl methyl sites for hydroxylation is 1. The predicted molar refractivity (Wildman–Crippen MR) is 162 cm³/mol. The third kappa shape index (κ3) is 10.7. The van der Waals surface area contributed by atoms with Crippen LogP contribution < -0.4 is 5.32 Å². The zero-order valence-corrected chi connectivity index (χ0v) is 25.0.